The lowest BCUT2D eigenvalue weighted by atomic mass is 10.1. The minimum atomic E-state index is -3.18. The molecule has 0 amide bonds. The normalized spacial score (nSPS) is 11.6. The van der Waals surface area contributed by atoms with Crippen LogP contribution in [0, 0.1) is 5.82 Å². The summed E-state index contributed by atoms with van der Waals surface area (Å²) in [5.74, 6) is -0.303. The lowest BCUT2D eigenvalue weighted by Gasteiger charge is -2.03. The molecule has 0 heterocycles. The largest absolute Gasteiger partial charge is 0.215 e. The molecule has 0 aliphatic heterocycles. The zero-order chi connectivity index (χ0) is 10.6. The van der Waals surface area contributed by atoms with Crippen LogP contribution in [0.15, 0.2) is 24.3 Å². The van der Waals surface area contributed by atoms with Gasteiger partial charge in [0.25, 0.3) is 0 Å². The van der Waals surface area contributed by atoms with Crippen LogP contribution in [0.2, 0.25) is 0 Å². The van der Waals surface area contributed by atoms with Gasteiger partial charge in [-0.25, -0.2) is 17.5 Å². The Labute approximate surface area is 83.0 Å². The molecule has 0 aliphatic rings. The maximum atomic E-state index is 13.0. The number of rotatable bonds is 4. The number of benzene rings is 1. The number of hydrogen-bond acceptors (Lipinski definition) is 2. The zero-order valence-corrected chi connectivity index (χ0v) is 8.64. The van der Waals surface area contributed by atoms with Gasteiger partial charge in [0.15, 0.2) is 0 Å². The summed E-state index contributed by atoms with van der Waals surface area (Å²) in [6, 6.07) is 6.32. The van der Waals surface area contributed by atoms with Crippen LogP contribution in [0.5, 0.6) is 0 Å². The van der Waals surface area contributed by atoms with Crippen molar-refractivity contribution in [1.82, 2.24) is 4.72 Å². The van der Waals surface area contributed by atoms with Crippen LogP contribution in [0.25, 0.3) is 0 Å². The molecular formula is C9H12FNO2S. The Kier molecular flexibility index (Phi) is 3.60. The second kappa shape index (κ2) is 4.52. The van der Waals surface area contributed by atoms with E-state index in [-0.39, 0.29) is 12.4 Å². The minimum absolute atomic E-state index is 0.222. The summed E-state index contributed by atoms with van der Waals surface area (Å²) in [5.41, 5.74) is 0.517. The number of hydrogen-bond donors (Lipinski definition) is 1. The van der Waals surface area contributed by atoms with Gasteiger partial charge in [-0.1, -0.05) is 18.2 Å². The van der Waals surface area contributed by atoms with Gasteiger partial charge in [0.1, 0.15) is 5.82 Å². The van der Waals surface area contributed by atoms with E-state index < -0.39 is 10.0 Å². The molecule has 0 aliphatic carbocycles. The molecule has 14 heavy (non-hydrogen) atoms. The van der Waals surface area contributed by atoms with E-state index in [1.165, 1.54) is 6.07 Å². The lowest BCUT2D eigenvalue weighted by molar-refractivity contribution is 0.583. The van der Waals surface area contributed by atoms with Gasteiger partial charge in [0.2, 0.25) is 10.0 Å². The van der Waals surface area contributed by atoms with Crippen molar-refractivity contribution < 1.29 is 12.8 Å². The predicted octanol–water partition coefficient (Wildman–Crippen LogP) is 0.917. The lowest BCUT2D eigenvalue weighted by Crippen LogP contribution is -2.24. The predicted molar refractivity (Wildman–Crippen MR) is 53.0 cm³/mol. The van der Waals surface area contributed by atoms with E-state index in [1.807, 2.05) is 0 Å². The summed E-state index contributed by atoms with van der Waals surface area (Å²) in [6.45, 7) is 0.222. The average Bonchev–Trinajstić information content (AvgIpc) is 2.06. The fraction of sp³-hybridized carbons (Fsp3) is 0.333. The first-order valence-electron chi connectivity index (χ1n) is 4.17. The van der Waals surface area contributed by atoms with E-state index in [0.717, 1.165) is 6.26 Å². The zero-order valence-electron chi connectivity index (χ0n) is 7.83. The van der Waals surface area contributed by atoms with Crippen LogP contribution in [-0.2, 0) is 16.4 Å². The summed E-state index contributed by atoms with van der Waals surface area (Å²) in [5, 5.41) is 0. The Bertz CT molecular complexity index is 403. The van der Waals surface area contributed by atoms with Crippen LogP contribution in [-0.4, -0.2) is 21.2 Å². The highest BCUT2D eigenvalue weighted by molar-refractivity contribution is 7.88. The van der Waals surface area contributed by atoms with Crippen molar-refractivity contribution in [2.24, 2.45) is 0 Å². The molecule has 0 saturated carbocycles. The van der Waals surface area contributed by atoms with Crippen molar-refractivity contribution in [3.05, 3.63) is 35.6 Å². The maximum absolute atomic E-state index is 13.0. The summed E-state index contributed by atoms with van der Waals surface area (Å²) in [6.07, 6.45) is 1.44. The van der Waals surface area contributed by atoms with Crippen LogP contribution in [0.4, 0.5) is 4.39 Å². The second-order valence-electron chi connectivity index (χ2n) is 3.01. The molecule has 3 nitrogen and oxygen atoms in total. The van der Waals surface area contributed by atoms with Gasteiger partial charge >= 0.3 is 0 Å². The Morgan fingerprint density at radius 1 is 1.36 bits per heavy atom. The minimum Gasteiger partial charge on any atom is -0.215 e. The molecule has 78 valence electrons. The van der Waals surface area contributed by atoms with Crippen LogP contribution < -0.4 is 4.72 Å². The fourth-order valence-corrected chi connectivity index (χ4v) is 1.55. The van der Waals surface area contributed by atoms with E-state index in [4.69, 9.17) is 0 Å². The monoisotopic (exact) mass is 217 g/mol. The van der Waals surface area contributed by atoms with Gasteiger partial charge in [0.05, 0.1) is 6.26 Å². The van der Waals surface area contributed by atoms with Crippen molar-refractivity contribution in [3.8, 4) is 0 Å². The van der Waals surface area contributed by atoms with Gasteiger partial charge in [-0.3, -0.25) is 0 Å². The first-order chi connectivity index (χ1) is 6.49. The number of sulfonamides is 1. The molecule has 0 fully saturated rings. The standard InChI is InChI=1S/C9H12FNO2S/c1-14(12,13)11-7-6-8-4-2-3-5-9(8)10/h2-5,11H,6-7H2,1H3. The summed E-state index contributed by atoms with van der Waals surface area (Å²) < 4.78 is 36.7. The quantitative estimate of drug-likeness (QED) is 0.815. The van der Waals surface area contributed by atoms with Crippen molar-refractivity contribution in [2.75, 3.05) is 12.8 Å². The summed E-state index contributed by atoms with van der Waals surface area (Å²) in [7, 11) is -3.18. The SMILES string of the molecule is CS(=O)(=O)NCCc1ccccc1F. The average molecular weight is 217 g/mol. The molecule has 1 N–H and O–H groups in total. The Morgan fingerprint density at radius 3 is 2.57 bits per heavy atom. The summed E-state index contributed by atoms with van der Waals surface area (Å²) in [4.78, 5) is 0. The van der Waals surface area contributed by atoms with Gasteiger partial charge in [0, 0.05) is 6.54 Å². The number of nitrogens with one attached hydrogen (secondary N) is 1. The van der Waals surface area contributed by atoms with Crippen molar-refractivity contribution in [1.29, 1.82) is 0 Å². The van der Waals surface area contributed by atoms with Crippen LogP contribution in [0.3, 0.4) is 0 Å². The Hall–Kier alpha value is -0.940. The molecule has 0 saturated heterocycles. The summed E-state index contributed by atoms with van der Waals surface area (Å²) >= 11 is 0. The molecule has 1 rings (SSSR count). The molecule has 0 radical (unpaired) electrons. The highest BCUT2D eigenvalue weighted by Gasteiger charge is 2.02. The molecule has 0 unspecified atom stereocenters. The third-order valence-corrected chi connectivity index (χ3v) is 2.44. The van der Waals surface area contributed by atoms with Crippen LogP contribution >= 0.6 is 0 Å². The van der Waals surface area contributed by atoms with Crippen molar-refractivity contribution in [2.45, 2.75) is 6.42 Å². The highest BCUT2D eigenvalue weighted by atomic mass is 32.2. The molecule has 0 spiro atoms. The molecule has 0 bridgehead atoms. The van der Waals surface area contributed by atoms with Crippen molar-refractivity contribution >= 4 is 10.0 Å². The fourth-order valence-electron chi connectivity index (χ4n) is 1.07. The third kappa shape index (κ3) is 3.85. The van der Waals surface area contributed by atoms with E-state index >= 15 is 0 Å². The van der Waals surface area contributed by atoms with Crippen LogP contribution in [0.1, 0.15) is 5.56 Å². The van der Waals surface area contributed by atoms with E-state index in [1.54, 1.807) is 18.2 Å². The molecular weight excluding hydrogens is 205 g/mol. The molecule has 1 aromatic carbocycles. The van der Waals surface area contributed by atoms with Gasteiger partial charge in [-0.15, -0.1) is 0 Å². The van der Waals surface area contributed by atoms with Gasteiger partial charge < -0.3 is 0 Å². The Morgan fingerprint density at radius 2 is 2.00 bits per heavy atom. The molecule has 0 aromatic heterocycles. The van der Waals surface area contributed by atoms with Crippen molar-refractivity contribution in [3.63, 3.8) is 0 Å². The molecule has 1 aromatic rings. The highest BCUT2D eigenvalue weighted by Crippen LogP contribution is 2.06. The second-order valence-corrected chi connectivity index (χ2v) is 4.84. The van der Waals surface area contributed by atoms with E-state index in [2.05, 4.69) is 4.72 Å². The Balaban J connectivity index is 2.51. The third-order valence-electron chi connectivity index (χ3n) is 1.72. The first kappa shape index (κ1) is 11.1. The number of halogens is 1. The molecule has 5 heteroatoms. The molecule has 0 atom stereocenters. The van der Waals surface area contributed by atoms with Gasteiger partial charge in [-0.05, 0) is 18.1 Å². The van der Waals surface area contributed by atoms with E-state index in [9.17, 15) is 12.8 Å². The topological polar surface area (TPSA) is 46.2 Å². The van der Waals surface area contributed by atoms with Gasteiger partial charge in [-0.2, -0.15) is 0 Å². The first-order valence-corrected chi connectivity index (χ1v) is 6.06. The van der Waals surface area contributed by atoms with E-state index in [0.29, 0.717) is 12.0 Å². The smallest absolute Gasteiger partial charge is 0.208 e. The maximum Gasteiger partial charge on any atom is 0.208 e.